The number of rotatable bonds is 0. The third-order valence-electron chi connectivity index (χ3n) is 0. The van der Waals surface area contributed by atoms with Crippen molar-refractivity contribution in [3.05, 3.63) is 0 Å². The van der Waals surface area contributed by atoms with Crippen molar-refractivity contribution in [2.75, 3.05) is 0 Å². The zero-order valence-corrected chi connectivity index (χ0v) is 8.17. The summed E-state index contributed by atoms with van der Waals surface area (Å²) in [6.45, 7) is 0. The zero-order chi connectivity index (χ0) is 4.50. The Morgan fingerprint density at radius 2 is 1.43 bits per heavy atom. The van der Waals surface area contributed by atoms with Gasteiger partial charge in [0.15, 0.2) is 0 Å². The Bertz CT molecular complexity index is 55.8. The molecule has 1 unspecified atom stereocenters. The van der Waals surface area contributed by atoms with Crippen LogP contribution in [-0.2, 0) is 4.57 Å². The predicted molar refractivity (Wildman–Crippen MR) is 23.1 cm³/mol. The zero-order valence-electron chi connectivity index (χ0n) is 3.87. The predicted octanol–water partition coefficient (Wildman–Crippen LogP) is -4.50. The fraction of sp³-hybridized carbons (Fsp3) is 0. The van der Waals surface area contributed by atoms with Crippen LogP contribution in [0.25, 0.3) is 0 Å². The number of hydrogen-bond donors (Lipinski definition) is 2. The van der Waals surface area contributed by atoms with Crippen molar-refractivity contribution in [1.82, 2.24) is 0 Å². The molecule has 40 valence electrons. The normalized spacial score (nSPS) is 8.43. The molecule has 0 heterocycles. The van der Waals surface area contributed by atoms with Crippen LogP contribution in [0.4, 0.5) is 0 Å². The Labute approximate surface area is 66.5 Å². The first-order chi connectivity index (χ1) is 2.00. The molecule has 0 aromatic carbocycles. The van der Waals surface area contributed by atoms with Gasteiger partial charge in [-0.25, -0.2) is 0 Å². The Morgan fingerprint density at radius 3 is 1.43 bits per heavy atom. The second-order valence-corrected chi connectivity index (χ2v) is 1.47. The van der Waals surface area contributed by atoms with E-state index in [4.69, 9.17) is 19.2 Å². The summed E-state index contributed by atoms with van der Waals surface area (Å²) in [6, 6.07) is 0. The molecule has 7 heavy (non-hydrogen) atoms. The van der Waals surface area contributed by atoms with Crippen LogP contribution in [0.15, 0.2) is 0 Å². The molecule has 0 aliphatic rings. The van der Waals surface area contributed by atoms with E-state index in [1.807, 2.05) is 0 Å². The van der Waals surface area contributed by atoms with Crippen LogP contribution < -0.4 is 34.5 Å². The molecule has 0 amide bonds. The van der Waals surface area contributed by atoms with Gasteiger partial charge in [0, 0.05) is 0 Å². The van der Waals surface area contributed by atoms with Crippen LogP contribution in [-0.4, -0.2) is 9.79 Å². The average Bonchev–Trinajstić information content (AvgIpc) is 0.722. The van der Waals surface area contributed by atoms with E-state index in [1.165, 1.54) is 0 Å². The Morgan fingerprint density at radius 1 is 1.43 bits per heavy atom. The molecule has 0 bridgehead atoms. The first-order valence-electron chi connectivity index (χ1n) is 0.765. The average molecular weight is 154 g/mol. The van der Waals surface area contributed by atoms with E-state index in [9.17, 15) is 0 Å². The summed E-state index contributed by atoms with van der Waals surface area (Å²) >= 11 is 0. The van der Waals surface area contributed by atoms with Gasteiger partial charge < -0.3 is 14.7 Å². The Balaban J connectivity index is -0.0000000800. The van der Waals surface area contributed by atoms with E-state index in [1.54, 1.807) is 0 Å². The van der Waals surface area contributed by atoms with Gasteiger partial charge in [-0.15, -0.1) is 0 Å². The fourth-order valence-electron chi connectivity index (χ4n) is 0. The SMILES string of the molecule is O=P([O-])(O)O.P.[Na+]. The molecular weight excluding hydrogens is 149 g/mol. The molecule has 0 fully saturated rings. The van der Waals surface area contributed by atoms with Crippen molar-refractivity contribution in [3.63, 3.8) is 0 Å². The Kier molecular flexibility index (Phi) is 12.8. The van der Waals surface area contributed by atoms with Crippen LogP contribution in [0.2, 0.25) is 0 Å². The first kappa shape index (κ1) is 15.8. The topological polar surface area (TPSA) is 80.6 Å². The van der Waals surface area contributed by atoms with E-state index in [-0.39, 0.29) is 39.5 Å². The monoisotopic (exact) mass is 154 g/mol. The molecule has 0 aliphatic heterocycles. The molecule has 7 heteroatoms. The smallest absolute Gasteiger partial charge is 0.756 e. The molecule has 0 aliphatic carbocycles. The van der Waals surface area contributed by atoms with Crippen LogP contribution in [0.1, 0.15) is 0 Å². The minimum absolute atomic E-state index is 0. The summed E-state index contributed by atoms with van der Waals surface area (Å²) in [5.41, 5.74) is 0. The van der Waals surface area contributed by atoms with Gasteiger partial charge in [0.05, 0.1) is 0 Å². The van der Waals surface area contributed by atoms with E-state index >= 15 is 0 Å². The molecule has 0 radical (unpaired) electrons. The molecule has 1 atom stereocenters. The summed E-state index contributed by atoms with van der Waals surface area (Å²) in [6.07, 6.45) is 0. The largest absolute Gasteiger partial charge is 1.00 e. The van der Waals surface area contributed by atoms with Crippen molar-refractivity contribution in [1.29, 1.82) is 0 Å². The molecule has 0 saturated heterocycles. The van der Waals surface area contributed by atoms with Crippen molar-refractivity contribution in [3.8, 4) is 0 Å². The molecule has 4 nitrogen and oxygen atoms in total. The molecule has 0 aromatic heterocycles. The van der Waals surface area contributed by atoms with Crippen LogP contribution in [0, 0.1) is 0 Å². The Hall–Kier alpha value is 1.54. The number of phosphoric acid groups is 1. The molecule has 2 N–H and O–H groups in total. The van der Waals surface area contributed by atoms with Gasteiger partial charge in [0.2, 0.25) is 0 Å². The maximum Gasteiger partial charge on any atom is 1.00 e. The van der Waals surface area contributed by atoms with E-state index in [0.717, 1.165) is 0 Å². The quantitative estimate of drug-likeness (QED) is 0.272. The fourth-order valence-corrected chi connectivity index (χ4v) is 0. The van der Waals surface area contributed by atoms with Gasteiger partial charge in [0.1, 0.15) is 0 Å². The van der Waals surface area contributed by atoms with Crippen LogP contribution >= 0.6 is 17.7 Å². The second-order valence-electron chi connectivity index (χ2n) is 0.491. The summed E-state index contributed by atoms with van der Waals surface area (Å²) in [4.78, 5) is 22.9. The summed E-state index contributed by atoms with van der Waals surface area (Å²) in [5.74, 6) is 0. The van der Waals surface area contributed by atoms with Crippen molar-refractivity contribution in [2.24, 2.45) is 0 Å². The molecular formula is H5NaO4P2. The molecule has 0 saturated carbocycles. The van der Waals surface area contributed by atoms with Gasteiger partial charge >= 0.3 is 29.6 Å². The van der Waals surface area contributed by atoms with E-state index in [0.29, 0.717) is 0 Å². The van der Waals surface area contributed by atoms with Crippen molar-refractivity contribution < 1.29 is 48.8 Å². The standard InChI is InChI=1S/Na.H3O4P.H3P/c;1-5(2,3)4;/h;(H3,1,2,3,4);1H3/q+1;;/p-1. The summed E-state index contributed by atoms with van der Waals surface area (Å²) in [5, 5.41) is 0. The minimum Gasteiger partial charge on any atom is -0.756 e. The van der Waals surface area contributed by atoms with Gasteiger partial charge in [-0.05, 0) is 0 Å². The van der Waals surface area contributed by atoms with Gasteiger partial charge in [-0.2, -0.15) is 9.90 Å². The first-order valence-corrected chi connectivity index (χ1v) is 2.30. The summed E-state index contributed by atoms with van der Waals surface area (Å²) in [7, 11) is -4.89. The number of hydrogen-bond acceptors (Lipinski definition) is 2. The molecule has 0 rings (SSSR count). The third kappa shape index (κ3) is 97.6. The van der Waals surface area contributed by atoms with E-state index < -0.39 is 7.82 Å². The van der Waals surface area contributed by atoms with Crippen molar-refractivity contribution >= 4 is 17.7 Å². The molecule has 0 spiro atoms. The maximum atomic E-state index is 8.77. The minimum atomic E-state index is -4.89. The summed E-state index contributed by atoms with van der Waals surface area (Å²) < 4.78 is 8.77. The van der Waals surface area contributed by atoms with Gasteiger partial charge in [-0.3, -0.25) is 4.57 Å². The van der Waals surface area contributed by atoms with Gasteiger partial charge in [0.25, 0.3) is 7.82 Å². The second kappa shape index (κ2) is 5.67. The van der Waals surface area contributed by atoms with E-state index in [2.05, 4.69) is 0 Å². The maximum absolute atomic E-state index is 8.77. The third-order valence-corrected chi connectivity index (χ3v) is 0. The molecule has 0 aromatic rings. The van der Waals surface area contributed by atoms with Crippen molar-refractivity contribution in [2.45, 2.75) is 0 Å². The van der Waals surface area contributed by atoms with Crippen LogP contribution in [0.5, 0.6) is 0 Å². The van der Waals surface area contributed by atoms with Crippen LogP contribution in [0.3, 0.4) is 0 Å². The van der Waals surface area contributed by atoms with Gasteiger partial charge in [-0.1, -0.05) is 0 Å².